The number of aromatic hydroxyl groups is 1. The molecule has 0 saturated carbocycles. The maximum Gasteiger partial charge on any atom is 0.257 e. The molecule has 1 amide bonds. The summed E-state index contributed by atoms with van der Waals surface area (Å²) >= 11 is 0. The van der Waals surface area contributed by atoms with E-state index in [1.807, 2.05) is 0 Å². The van der Waals surface area contributed by atoms with Crippen LogP contribution in [0.3, 0.4) is 0 Å². The molecule has 3 rings (SSSR count). The van der Waals surface area contributed by atoms with E-state index in [9.17, 15) is 37.7 Å². The monoisotopic (exact) mass is 510 g/mol. The van der Waals surface area contributed by atoms with Crippen molar-refractivity contribution in [2.45, 2.75) is 46.2 Å². The van der Waals surface area contributed by atoms with Crippen molar-refractivity contribution >= 4 is 19.1 Å². The second-order valence-corrected chi connectivity index (χ2v) is 12.2. The van der Waals surface area contributed by atoms with Crippen LogP contribution >= 0.6 is 7.37 Å². The summed E-state index contributed by atoms with van der Waals surface area (Å²) in [6.07, 6.45) is 3.08. The van der Waals surface area contributed by atoms with Gasteiger partial charge in [0.25, 0.3) is 5.91 Å². The van der Waals surface area contributed by atoms with E-state index >= 15 is 0 Å². The van der Waals surface area contributed by atoms with E-state index in [1.54, 1.807) is 13.8 Å². The molecule has 11 heteroatoms. The Kier molecular flexibility index (Phi) is 7.67. The van der Waals surface area contributed by atoms with E-state index in [0.717, 1.165) is 6.07 Å². The van der Waals surface area contributed by atoms with Crippen LogP contribution in [0.1, 0.15) is 59.5 Å². The Morgan fingerprint density at radius 3 is 2.57 bits per heavy atom. The number of Topliss-reactive ketones (excluding diaryl/α,β-unsaturated/α-hetero) is 1. The van der Waals surface area contributed by atoms with Crippen molar-refractivity contribution < 1.29 is 32.9 Å². The second kappa shape index (κ2) is 10.0. The SMILES string of the molecule is CC1(C)C(=O)c2c(O)c(=O)c(C(=O)NCc3ccc(F)cc3F)cn2CC1CCCCP(C)(=O)O. The standard InChI is InChI=1S/C24H29F2N2O6P/c1-24(2)15(6-4-5-9-35(3,33)34)12-28-13-17(20(29)21(30)19(28)22(24)31)23(32)27-11-14-7-8-16(25)10-18(14)26/h7-8,10,13,15,30H,4-6,9,11-12H2,1-3H3,(H,27,32)(H,33,34). The normalized spacial score (nSPS) is 18.6. The Labute approximate surface area is 201 Å². The summed E-state index contributed by atoms with van der Waals surface area (Å²) in [6, 6.07) is 2.88. The minimum Gasteiger partial charge on any atom is -0.503 e. The Morgan fingerprint density at radius 2 is 1.94 bits per heavy atom. The highest BCUT2D eigenvalue weighted by Gasteiger charge is 2.44. The fourth-order valence-electron chi connectivity index (χ4n) is 4.33. The molecule has 2 unspecified atom stereocenters. The van der Waals surface area contributed by atoms with Gasteiger partial charge in [-0.05, 0) is 24.8 Å². The smallest absolute Gasteiger partial charge is 0.257 e. The van der Waals surface area contributed by atoms with Crippen LogP contribution in [-0.4, -0.2) is 39.1 Å². The van der Waals surface area contributed by atoms with Crippen molar-refractivity contribution in [1.82, 2.24) is 9.88 Å². The number of halogens is 2. The highest BCUT2D eigenvalue weighted by atomic mass is 31.2. The number of amides is 1. The topological polar surface area (TPSA) is 126 Å². The molecule has 35 heavy (non-hydrogen) atoms. The van der Waals surface area contributed by atoms with Crippen molar-refractivity contribution in [1.29, 1.82) is 0 Å². The van der Waals surface area contributed by atoms with Gasteiger partial charge < -0.3 is 19.9 Å². The van der Waals surface area contributed by atoms with Crippen molar-refractivity contribution in [3.63, 3.8) is 0 Å². The Bertz CT molecular complexity index is 1270. The lowest BCUT2D eigenvalue weighted by atomic mass is 9.69. The largest absolute Gasteiger partial charge is 0.503 e. The lowest BCUT2D eigenvalue weighted by molar-refractivity contribution is 0.0622. The lowest BCUT2D eigenvalue weighted by Gasteiger charge is -2.39. The molecule has 2 heterocycles. The van der Waals surface area contributed by atoms with Gasteiger partial charge in [-0.1, -0.05) is 26.3 Å². The third kappa shape index (κ3) is 5.87. The molecule has 0 fully saturated rings. The number of benzene rings is 1. The summed E-state index contributed by atoms with van der Waals surface area (Å²) in [5, 5.41) is 12.9. The summed E-state index contributed by atoms with van der Waals surface area (Å²) in [5.74, 6) is -3.96. The molecule has 8 nitrogen and oxygen atoms in total. The fraction of sp³-hybridized carbons (Fsp3) is 0.458. The number of nitrogens with zero attached hydrogens (tertiary/aromatic N) is 1. The third-order valence-electron chi connectivity index (χ3n) is 6.57. The van der Waals surface area contributed by atoms with Gasteiger partial charge >= 0.3 is 0 Å². The van der Waals surface area contributed by atoms with E-state index in [0.29, 0.717) is 25.3 Å². The quantitative estimate of drug-likeness (QED) is 0.368. The van der Waals surface area contributed by atoms with Crippen molar-refractivity contribution in [3.8, 4) is 5.75 Å². The predicted octanol–water partition coefficient (Wildman–Crippen LogP) is 3.67. The van der Waals surface area contributed by atoms with Crippen molar-refractivity contribution in [2.75, 3.05) is 12.8 Å². The molecule has 0 radical (unpaired) electrons. The molecule has 2 atom stereocenters. The highest BCUT2D eigenvalue weighted by molar-refractivity contribution is 7.57. The van der Waals surface area contributed by atoms with Gasteiger partial charge in [-0.25, -0.2) is 8.78 Å². The van der Waals surface area contributed by atoms with E-state index in [1.165, 1.54) is 23.5 Å². The first-order valence-electron chi connectivity index (χ1n) is 11.2. The molecule has 3 N–H and O–H groups in total. The third-order valence-corrected chi connectivity index (χ3v) is 7.71. The van der Waals surface area contributed by atoms with E-state index in [4.69, 9.17) is 0 Å². The first-order chi connectivity index (χ1) is 16.2. The summed E-state index contributed by atoms with van der Waals surface area (Å²) in [6.45, 7) is 4.68. The maximum absolute atomic E-state index is 13.9. The number of hydrogen-bond donors (Lipinski definition) is 3. The zero-order valence-electron chi connectivity index (χ0n) is 19.8. The molecule has 2 aromatic rings. The molecule has 0 bridgehead atoms. The molecule has 190 valence electrons. The fourth-order valence-corrected chi connectivity index (χ4v) is 5.14. The molecule has 1 aromatic heterocycles. The van der Waals surface area contributed by atoms with Crippen LogP contribution in [-0.2, 0) is 17.7 Å². The van der Waals surface area contributed by atoms with Crippen LogP contribution in [0.4, 0.5) is 8.78 Å². The van der Waals surface area contributed by atoms with Crippen molar-refractivity contribution in [2.24, 2.45) is 11.3 Å². The summed E-state index contributed by atoms with van der Waals surface area (Å²) in [5.41, 5.74) is -2.49. The predicted molar refractivity (Wildman–Crippen MR) is 126 cm³/mol. The number of rotatable bonds is 8. The highest BCUT2D eigenvalue weighted by Crippen LogP contribution is 2.42. The number of carbonyl (C=O) groups is 2. The number of fused-ring (bicyclic) bond motifs is 1. The number of nitrogens with one attached hydrogen (secondary N) is 1. The number of ketones is 1. The average molecular weight is 510 g/mol. The second-order valence-electron chi connectivity index (χ2n) is 9.66. The Morgan fingerprint density at radius 1 is 1.26 bits per heavy atom. The van der Waals surface area contributed by atoms with Crippen LogP contribution in [0.25, 0.3) is 0 Å². The Hall–Kier alpha value is -2.84. The Balaban J connectivity index is 1.83. The molecular formula is C24H29F2N2O6P. The van der Waals surface area contributed by atoms with Gasteiger partial charge in [0.2, 0.25) is 5.43 Å². The first kappa shape index (κ1) is 26.8. The molecule has 1 aliphatic heterocycles. The van der Waals surface area contributed by atoms with Gasteiger partial charge in [0, 0.05) is 49.2 Å². The van der Waals surface area contributed by atoms with Crippen LogP contribution in [0.5, 0.6) is 5.75 Å². The molecule has 0 aliphatic carbocycles. The van der Waals surface area contributed by atoms with Crippen LogP contribution in [0.15, 0.2) is 29.2 Å². The van der Waals surface area contributed by atoms with Gasteiger partial charge in [0.1, 0.15) is 22.9 Å². The molecule has 0 spiro atoms. The van der Waals surface area contributed by atoms with Crippen molar-refractivity contribution in [3.05, 3.63) is 63.1 Å². The number of unbranched alkanes of at least 4 members (excludes halogenated alkanes) is 1. The maximum atomic E-state index is 13.9. The molecule has 1 aromatic carbocycles. The number of hydrogen-bond acceptors (Lipinski definition) is 5. The van der Waals surface area contributed by atoms with Gasteiger partial charge in [-0.3, -0.25) is 18.9 Å². The van der Waals surface area contributed by atoms with Gasteiger partial charge in [-0.15, -0.1) is 0 Å². The lowest BCUT2D eigenvalue weighted by Crippen LogP contribution is -2.44. The molecule has 0 saturated heterocycles. The number of carbonyl (C=O) groups excluding carboxylic acids is 2. The zero-order chi connectivity index (χ0) is 26.1. The molecule has 1 aliphatic rings. The zero-order valence-corrected chi connectivity index (χ0v) is 20.7. The summed E-state index contributed by atoms with van der Waals surface area (Å²) < 4.78 is 39.9. The van der Waals surface area contributed by atoms with E-state index in [2.05, 4.69) is 5.32 Å². The minimum atomic E-state index is -3.12. The number of pyridine rings is 1. The minimum absolute atomic E-state index is 0.0125. The van der Waals surface area contributed by atoms with Gasteiger partial charge in [-0.2, -0.15) is 0 Å². The van der Waals surface area contributed by atoms with E-state index < -0.39 is 52.9 Å². The van der Waals surface area contributed by atoms with Gasteiger partial charge in [0.15, 0.2) is 18.9 Å². The first-order valence-corrected chi connectivity index (χ1v) is 13.5. The molecular weight excluding hydrogens is 481 g/mol. The van der Waals surface area contributed by atoms with E-state index in [-0.39, 0.29) is 36.4 Å². The van der Waals surface area contributed by atoms with Crippen LogP contribution in [0.2, 0.25) is 0 Å². The average Bonchev–Trinajstić information content (AvgIpc) is 2.75. The summed E-state index contributed by atoms with van der Waals surface area (Å²) in [4.78, 5) is 48.1. The number of aromatic nitrogens is 1. The van der Waals surface area contributed by atoms with Gasteiger partial charge in [0.05, 0.1) is 0 Å². The van der Waals surface area contributed by atoms with Crippen LogP contribution in [0, 0.1) is 23.0 Å². The summed E-state index contributed by atoms with van der Waals surface area (Å²) in [7, 11) is -3.12. The van der Waals surface area contributed by atoms with Crippen LogP contribution < -0.4 is 10.7 Å².